The number of aliphatic hydroxyl groups is 1. The second kappa shape index (κ2) is 6.15. The third kappa shape index (κ3) is 2.57. The number of fused-ring (bicyclic) bond motifs is 5. The predicted octanol–water partition coefficient (Wildman–Crippen LogP) is 3.09. The highest BCUT2D eigenvalue weighted by atomic mass is 16.4. The fraction of sp³-hybridized carbons (Fsp3) is 0.550. The van der Waals surface area contributed by atoms with Crippen LogP contribution in [0.5, 0.6) is 0 Å². The molecule has 0 radical (unpaired) electrons. The van der Waals surface area contributed by atoms with Crippen molar-refractivity contribution in [3.05, 3.63) is 35.5 Å². The molecule has 2 aliphatic rings. The number of piperidine rings is 1. The molecule has 0 bridgehead atoms. The van der Waals surface area contributed by atoms with Gasteiger partial charge in [-0.25, -0.2) is 4.79 Å². The number of carboxylic acids is 1. The lowest BCUT2D eigenvalue weighted by Gasteiger charge is -2.52. The number of hydrogen-bond acceptors (Lipinski definition) is 3. The van der Waals surface area contributed by atoms with E-state index in [0.29, 0.717) is 6.42 Å². The van der Waals surface area contributed by atoms with Crippen molar-refractivity contribution in [3.8, 4) is 0 Å². The van der Waals surface area contributed by atoms with Crippen LogP contribution < -0.4 is 0 Å². The van der Waals surface area contributed by atoms with Gasteiger partial charge in [-0.05, 0) is 55.7 Å². The van der Waals surface area contributed by atoms with Crippen LogP contribution >= 0.6 is 0 Å². The average Bonchev–Trinajstić information content (AvgIpc) is 3.00. The van der Waals surface area contributed by atoms with Crippen LogP contribution in [0.3, 0.4) is 0 Å². The molecule has 5 heteroatoms. The van der Waals surface area contributed by atoms with Crippen LogP contribution in [0.4, 0.5) is 0 Å². The molecule has 1 saturated heterocycles. The highest BCUT2D eigenvalue weighted by Crippen LogP contribution is 2.53. The molecule has 25 heavy (non-hydrogen) atoms. The molecule has 2 aromatic rings. The van der Waals surface area contributed by atoms with Gasteiger partial charge in [0, 0.05) is 23.1 Å². The highest BCUT2D eigenvalue weighted by molar-refractivity contribution is 5.85. The molecule has 2 aliphatic heterocycles. The van der Waals surface area contributed by atoms with Crippen LogP contribution in [0.25, 0.3) is 10.9 Å². The van der Waals surface area contributed by atoms with Crippen molar-refractivity contribution in [2.75, 3.05) is 13.1 Å². The van der Waals surface area contributed by atoms with Gasteiger partial charge in [-0.3, -0.25) is 4.90 Å². The third-order valence-corrected chi connectivity index (χ3v) is 6.42. The summed E-state index contributed by atoms with van der Waals surface area (Å²) < 4.78 is 0. The lowest BCUT2D eigenvalue weighted by atomic mass is 9.65. The first-order valence-corrected chi connectivity index (χ1v) is 9.30. The number of nitrogens with one attached hydrogen (secondary N) is 1. The number of aromatic nitrogens is 1. The lowest BCUT2D eigenvalue weighted by molar-refractivity contribution is -0.150. The molecule has 0 amide bonds. The number of aliphatic hydroxyl groups excluding tert-OH is 1. The SMILES string of the molecule is CCC1(C[C@@H](O)C(=O)O)CCCN2CCc3c([nH]c4ccccc34)C21. The van der Waals surface area contributed by atoms with Crippen LogP contribution in [0.2, 0.25) is 0 Å². The fourth-order valence-corrected chi connectivity index (χ4v) is 5.20. The van der Waals surface area contributed by atoms with E-state index in [-0.39, 0.29) is 11.5 Å². The molecule has 0 saturated carbocycles. The summed E-state index contributed by atoms with van der Waals surface area (Å²) in [5, 5.41) is 20.7. The number of carbonyl (C=O) groups is 1. The number of H-pyrrole nitrogens is 1. The van der Waals surface area contributed by atoms with Gasteiger partial charge in [0.15, 0.2) is 6.10 Å². The van der Waals surface area contributed by atoms with E-state index in [1.54, 1.807) is 0 Å². The van der Waals surface area contributed by atoms with Gasteiger partial charge in [0.05, 0.1) is 6.04 Å². The van der Waals surface area contributed by atoms with Crippen LogP contribution in [-0.2, 0) is 11.2 Å². The summed E-state index contributed by atoms with van der Waals surface area (Å²) in [6.45, 7) is 4.18. The molecule has 5 nitrogen and oxygen atoms in total. The second-order valence-corrected chi connectivity index (χ2v) is 7.63. The first-order chi connectivity index (χ1) is 12.1. The van der Waals surface area contributed by atoms with Crippen molar-refractivity contribution in [2.45, 2.75) is 51.2 Å². The molecule has 134 valence electrons. The number of hydrogen-bond donors (Lipinski definition) is 3. The maximum Gasteiger partial charge on any atom is 0.332 e. The van der Waals surface area contributed by atoms with E-state index in [4.69, 9.17) is 0 Å². The van der Waals surface area contributed by atoms with Crippen molar-refractivity contribution < 1.29 is 15.0 Å². The zero-order valence-corrected chi connectivity index (χ0v) is 14.7. The number of para-hydroxylation sites is 1. The number of rotatable bonds is 4. The minimum Gasteiger partial charge on any atom is -0.479 e. The molecule has 1 fully saturated rings. The number of aliphatic carboxylic acids is 1. The Hall–Kier alpha value is -1.85. The van der Waals surface area contributed by atoms with E-state index in [9.17, 15) is 15.0 Å². The zero-order chi connectivity index (χ0) is 17.6. The van der Waals surface area contributed by atoms with Crippen LogP contribution in [0.1, 0.15) is 49.9 Å². The van der Waals surface area contributed by atoms with Gasteiger partial charge in [-0.15, -0.1) is 0 Å². The van der Waals surface area contributed by atoms with E-state index in [1.807, 2.05) is 6.07 Å². The highest BCUT2D eigenvalue weighted by Gasteiger charge is 2.48. The van der Waals surface area contributed by atoms with Crippen LogP contribution in [-0.4, -0.2) is 45.3 Å². The van der Waals surface area contributed by atoms with Gasteiger partial charge in [-0.1, -0.05) is 25.1 Å². The first-order valence-electron chi connectivity index (χ1n) is 9.30. The summed E-state index contributed by atoms with van der Waals surface area (Å²) in [4.78, 5) is 17.4. The summed E-state index contributed by atoms with van der Waals surface area (Å²) in [5.41, 5.74) is 3.57. The standard InChI is InChI=1S/C20H26N2O3/c1-2-20(12-16(23)19(24)25)9-5-10-22-11-8-14-13-6-3-4-7-15(13)21-17(14)18(20)22/h3-4,6-7,16,18,21,23H,2,5,8-12H2,1H3,(H,24,25)/t16-,18?,20?/m1/s1. The Morgan fingerprint density at radius 3 is 2.96 bits per heavy atom. The number of aromatic amines is 1. The summed E-state index contributed by atoms with van der Waals surface area (Å²) in [6.07, 6.45) is 2.93. The maximum absolute atomic E-state index is 11.3. The van der Waals surface area contributed by atoms with Crippen molar-refractivity contribution in [1.29, 1.82) is 0 Å². The molecule has 2 unspecified atom stereocenters. The summed E-state index contributed by atoms with van der Waals surface area (Å²) in [7, 11) is 0. The Bertz CT molecular complexity index is 799. The van der Waals surface area contributed by atoms with Gasteiger partial charge in [0.2, 0.25) is 0 Å². The molecule has 3 heterocycles. The van der Waals surface area contributed by atoms with E-state index >= 15 is 0 Å². The van der Waals surface area contributed by atoms with Crippen LogP contribution in [0.15, 0.2) is 24.3 Å². The Morgan fingerprint density at radius 1 is 1.40 bits per heavy atom. The topological polar surface area (TPSA) is 76.6 Å². The van der Waals surface area contributed by atoms with Gasteiger partial charge in [0.1, 0.15) is 0 Å². The van der Waals surface area contributed by atoms with E-state index < -0.39 is 12.1 Å². The molecule has 1 aromatic carbocycles. The van der Waals surface area contributed by atoms with Gasteiger partial charge in [-0.2, -0.15) is 0 Å². The Morgan fingerprint density at radius 2 is 2.20 bits per heavy atom. The van der Waals surface area contributed by atoms with E-state index in [2.05, 4.69) is 35.0 Å². The van der Waals surface area contributed by atoms with Crippen molar-refractivity contribution >= 4 is 16.9 Å². The number of benzene rings is 1. The zero-order valence-electron chi connectivity index (χ0n) is 14.7. The van der Waals surface area contributed by atoms with E-state index in [1.165, 1.54) is 16.6 Å². The van der Waals surface area contributed by atoms with Gasteiger partial charge < -0.3 is 15.2 Å². The van der Waals surface area contributed by atoms with Gasteiger partial charge >= 0.3 is 5.97 Å². The Labute approximate surface area is 147 Å². The average molecular weight is 342 g/mol. The molecule has 3 atom stereocenters. The van der Waals surface area contributed by atoms with E-state index in [0.717, 1.165) is 44.3 Å². The number of nitrogens with zero attached hydrogens (tertiary/aromatic N) is 1. The van der Waals surface area contributed by atoms with Crippen molar-refractivity contribution in [3.63, 3.8) is 0 Å². The Kier molecular flexibility index (Phi) is 4.08. The lowest BCUT2D eigenvalue weighted by Crippen LogP contribution is -2.50. The van der Waals surface area contributed by atoms with Crippen LogP contribution in [0, 0.1) is 5.41 Å². The summed E-state index contributed by atoms with van der Waals surface area (Å²) in [5.74, 6) is -1.11. The van der Waals surface area contributed by atoms with Gasteiger partial charge in [0.25, 0.3) is 0 Å². The Balaban J connectivity index is 1.82. The second-order valence-electron chi connectivity index (χ2n) is 7.63. The summed E-state index contributed by atoms with van der Waals surface area (Å²) in [6, 6.07) is 8.56. The third-order valence-electron chi connectivity index (χ3n) is 6.42. The molecule has 1 aromatic heterocycles. The van der Waals surface area contributed by atoms with Crippen molar-refractivity contribution in [1.82, 2.24) is 9.88 Å². The maximum atomic E-state index is 11.3. The molecule has 4 rings (SSSR count). The smallest absolute Gasteiger partial charge is 0.332 e. The number of carboxylic acid groups (broad SMARTS) is 1. The minimum absolute atomic E-state index is 0.163. The monoisotopic (exact) mass is 342 g/mol. The minimum atomic E-state index is -1.30. The molecular weight excluding hydrogens is 316 g/mol. The fourth-order valence-electron chi connectivity index (χ4n) is 5.20. The quantitative estimate of drug-likeness (QED) is 0.798. The van der Waals surface area contributed by atoms with Crippen molar-refractivity contribution in [2.24, 2.45) is 5.41 Å². The molecular formula is C20H26N2O3. The first kappa shape index (κ1) is 16.6. The predicted molar refractivity (Wildman–Crippen MR) is 96.5 cm³/mol. The largest absolute Gasteiger partial charge is 0.479 e. The molecule has 0 spiro atoms. The molecule has 3 N–H and O–H groups in total. The molecule has 0 aliphatic carbocycles. The normalized spacial score (nSPS) is 27.7. The summed E-state index contributed by atoms with van der Waals surface area (Å²) >= 11 is 0.